The molecule has 1 aliphatic heterocycles. The van der Waals surface area contributed by atoms with Crippen molar-refractivity contribution < 1.29 is 22.8 Å². The van der Waals surface area contributed by atoms with Gasteiger partial charge >= 0.3 is 6.18 Å². The van der Waals surface area contributed by atoms with E-state index in [4.69, 9.17) is 0 Å². The topological polar surface area (TPSA) is 61.4 Å². The van der Waals surface area contributed by atoms with E-state index >= 15 is 0 Å². The minimum atomic E-state index is -4.51. The summed E-state index contributed by atoms with van der Waals surface area (Å²) in [6.07, 6.45) is -1.63. The third-order valence-corrected chi connectivity index (χ3v) is 5.26. The first-order valence-electron chi connectivity index (χ1n) is 10.3. The van der Waals surface area contributed by atoms with Gasteiger partial charge in [-0.1, -0.05) is 30.3 Å². The van der Waals surface area contributed by atoms with Gasteiger partial charge in [0.05, 0.1) is 29.4 Å². The predicted molar refractivity (Wildman–Crippen MR) is 114 cm³/mol. The number of halogens is 3. The van der Waals surface area contributed by atoms with Crippen LogP contribution in [0.4, 0.5) is 24.5 Å². The summed E-state index contributed by atoms with van der Waals surface area (Å²) in [7, 11) is 0. The first-order valence-corrected chi connectivity index (χ1v) is 10.3. The molecule has 1 aliphatic rings. The zero-order valence-electron chi connectivity index (χ0n) is 17.3. The summed E-state index contributed by atoms with van der Waals surface area (Å²) in [5, 5.41) is 5.40. The van der Waals surface area contributed by atoms with E-state index in [1.165, 1.54) is 13.0 Å². The van der Waals surface area contributed by atoms with Gasteiger partial charge in [0, 0.05) is 20.0 Å². The Bertz CT molecular complexity index is 910. The summed E-state index contributed by atoms with van der Waals surface area (Å²) in [6.45, 7) is 2.81. The number of piperidine rings is 1. The number of alkyl halides is 3. The van der Waals surface area contributed by atoms with Crippen LogP contribution in [0.5, 0.6) is 0 Å². The van der Waals surface area contributed by atoms with Crippen molar-refractivity contribution in [3.63, 3.8) is 0 Å². The SMILES string of the molecule is CC(=O)N[C@@H](CC(=O)Nc1cc(C(F)(F)F)ccc1N1CCCCC1)c1ccccc1. The van der Waals surface area contributed by atoms with E-state index in [2.05, 4.69) is 10.6 Å². The van der Waals surface area contributed by atoms with Crippen molar-refractivity contribution >= 4 is 23.2 Å². The maximum absolute atomic E-state index is 13.3. The second-order valence-electron chi connectivity index (χ2n) is 7.69. The van der Waals surface area contributed by atoms with Gasteiger partial charge in [-0.3, -0.25) is 9.59 Å². The molecule has 1 atom stereocenters. The number of hydrogen-bond donors (Lipinski definition) is 2. The van der Waals surface area contributed by atoms with Gasteiger partial charge in [0.25, 0.3) is 0 Å². The summed E-state index contributed by atoms with van der Waals surface area (Å²) in [5.41, 5.74) is 0.645. The Morgan fingerprint density at radius 1 is 1.03 bits per heavy atom. The van der Waals surface area contributed by atoms with Gasteiger partial charge in [-0.2, -0.15) is 13.2 Å². The number of amides is 2. The number of nitrogens with zero attached hydrogens (tertiary/aromatic N) is 1. The Kier molecular flexibility index (Phi) is 7.20. The quantitative estimate of drug-likeness (QED) is 0.681. The molecule has 1 fully saturated rings. The smallest absolute Gasteiger partial charge is 0.370 e. The average Bonchev–Trinajstić information content (AvgIpc) is 2.73. The van der Waals surface area contributed by atoms with Crippen LogP contribution in [0.3, 0.4) is 0 Å². The lowest BCUT2D eigenvalue weighted by Crippen LogP contribution is -2.32. The van der Waals surface area contributed by atoms with Gasteiger partial charge in [0.2, 0.25) is 11.8 Å². The fourth-order valence-electron chi connectivity index (χ4n) is 3.79. The summed E-state index contributed by atoms with van der Waals surface area (Å²) in [4.78, 5) is 26.4. The maximum Gasteiger partial charge on any atom is 0.416 e. The molecule has 0 spiro atoms. The Morgan fingerprint density at radius 2 is 1.71 bits per heavy atom. The molecule has 5 nitrogen and oxygen atoms in total. The monoisotopic (exact) mass is 433 g/mol. The van der Waals surface area contributed by atoms with Crippen molar-refractivity contribution in [2.75, 3.05) is 23.3 Å². The van der Waals surface area contributed by atoms with Gasteiger partial charge in [-0.15, -0.1) is 0 Å². The van der Waals surface area contributed by atoms with Crippen molar-refractivity contribution in [1.29, 1.82) is 0 Å². The van der Waals surface area contributed by atoms with Crippen LogP contribution < -0.4 is 15.5 Å². The molecule has 0 unspecified atom stereocenters. The van der Waals surface area contributed by atoms with Gasteiger partial charge < -0.3 is 15.5 Å². The molecule has 8 heteroatoms. The summed E-state index contributed by atoms with van der Waals surface area (Å²) >= 11 is 0. The predicted octanol–water partition coefficient (Wildman–Crippen LogP) is 4.90. The molecular formula is C23H26F3N3O2. The molecule has 1 saturated heterocycles. The van der Waals surface area contributed by atoms with Crippen LogP contribution in [-0.2, 0) is 15.8 Å². The first-order chi connectivity index (χ1) is 14.7. The summed E-state index contributed by atoms with van der Waals surface area (Å²) in [5.74, 6) is -0.769. The average molecular weight is 433 g/mol. The molecule has 3 rings (SSSR count). The third kappa shape index (κ3) is 6.23. The fraction of sp³-hybridized carbons (Fsp3) is 0.391. The van der Waals surface area contributed by atoms with Crippen LogP contribution in [0, 0.1) is 0 Å². The second kappa shape index (κ2) is 9.85. The molecule has 0 saturated carbocycles. The van der Waals surface area contributed by atoms with Crippen LogP contribution in [0.1, 0.15) is 49.8 Å². The highest BCUT2D eigenvalue weighted by Crippen LogP contribution is 2.36. The molecule has 0 aliphatic carbocycles. The number of rotatable bonds is 6. The lowest BCUT2D eigenvalue weighted by atomic mass is 10.0. The number of carbonyl (C=O) groups excluding carboxylic acids is 2. The van der Waals surface area contributed by atoms with Gasteiger partial charge in [-0.05, 0) is 43.0 Å². The van der Waals surface area contributed by atoms with Crippen LogP contribution in [-0.4, -0.2) is 24.9 Å². The molecule has 31 heavy (non-hydrogen) atoms. The Hall–Kier alpha value is -3.03. The lowest BCUT2D eigenvalue weighted by Gasteiger charge is -2.31. The number of anilines is 2. The molecule has 0 aromatic heterocycles. The van der Waals surface area contributed by atoms with Crippen molar-refractivity contribution in [2.24, 2.45) is 0 Å². The normalized spacial score (nSPS) is 15.3. The van der Waals surface area contributed by atoms with Crippen molar-refractivity contribution in [2.45, 2.75) is 44.8 Å². The molecule has 2 N–H and O–H groups in total. The van der Waals surface area contributed by atoms with Crippen molar-refractivity contribution in [1.82, 2.24) is 5.32 Å². The van der Waals surface area contributed by atoms with Crippen molar-refractivity contribution in [3.05, 3.63) is 59.7 Å². The van der Waals surface area contributed by atoms with Crippen LogP contribution in [0.25, 0.3) is 0 Å². The van der Waals surface area contributed by atoms with E-state index in [0.717, 1.165) is 50.0 Å². The molecule has 1 heterocycles. The molecule has 2 aromatic carbocycles. The molecule has 2 amide bonds. The standard InChI is InChI=1S/C23H26F3N3O2/c1-16(30)27-19(17-8-4-2-5-9-17)15-22(31)28-20-14-18(23(24,25)26)10-11-21(20)29-12-6-3-7-13-29/h2,4-5,8-11,14,19H,3,6-7,12-13,15H2,1H3,(H,27,30)(H,28,31)/t19-/m0/s1. The van der Waals surface area contributed by atoms with E-state index < -0.39 is 23.7 Å². The van der Waals surface area contributed by atoms with Gasteiger partial charge in [-0.25, -0.2) is 0 Å². The first kappa shape index (κ1) is 22.7. The second-order valence-corrected chi connectivity index (χ2v) is 7.69. The van der Waals surface area contributed by atoms with E-state index in [-0.39, 0.29) is 18.0 Å². The van der Waals surface area contributed by atoms with Crippen LogP contribution in [0.2, 0.25) is 0 Å². The summed E-state index contributed by atoms with van der Waals surface area (Å²) in [6, 6.07) is 11.9. The summed E-state index contributed by atoms with van der Waals surface area (Å²) < 4.78 is 39.8. The van der Waals surface area contributed by atoms with E-state index in [9.17, 15) is 22.8 Å². The number of nitrogens with one attached hydrogen (secondary N) is 2. The number of carbonyl (C=O) groups is 2. The van der Waals surface area contributed by atoms with Crippen LogP contribution >= 0.6 is 0 Å². The lowest BCUT2D eigenvalue weighted by molar-refractivity contribution is -0.137. The Morgan fingerprint density at radius 3 is 2.32 bits per heavy atom. The third-order valence-electron chi connectivity index (χ3n) is 5.26. The maximum atomic E-state index is 13.3. The van der Waals surface area contributed by atoms with Gasteiger partial charge in [0.1, 0.15) is 0 Å². The molecule has 0 radical (unpaired) electrons. The Labute approximate surface area is 179 Å². The van der Waals surface area contributed by atoms with Gasteiger partial charge in [0.15, 0.2) is 0 Å². The highest BCUT2D eigenvalue weighted by atomic mass is 19.4. The minimum Gasteiger partial charge on any atom is -0.370 e. The zero-order valence-corrected chi connectivity index (χ0v) is 17.3. The molecule has 166 valence electrons. The van der Waals surface area contributed by atoms with E-state index in [1.807, 2.05) is 11.0 Å². The number of benzene rings is 2. The highest BCUT2D eigenvalue weighted by molar-refractivity contribution is 5.95. The van der Waals surface area contributed by atoms with Crippen LogP contribution in [0.15, 0.2) is 48.5 Å². The fourth-order valence-corrected chi connectivity index (χ4v) is 3.79. The minimum absolute atomic E-state index is 0.0979. The molecule has 0 bridgehead atoms. The Balaban J connectivity index is 1.84. The molecule has 2 aromatic rings. The van der Waals surface area contributed by atoms with E-state index in [0.29, 0.717) is 5.69 Å². The largest absolute Gasteiger partial charge is 0.416 e. The van der Waals surface area contributed by atoms with E-state index in [1.54, 1.807) is 24.3 Å². The zero-order chi connectivity index (χ0) is 22.4. The highest BCUT2D eigenvalue weighted by Gasteiger charge is 2.32. The van der Waals surface area contributed by atoms with Crippen molar-refractivity contribution in [3.8, 4) is 0 Å². The number of hydrogen-bond acceptors (Lipinski definition) is 3. The molecular weight excluding hydrogens is 407 g/mol.